The molecule has 0 aliphatic carbocycles. The van der Waals surface area contributed by atoms with Gasteiger partial charge in [0.15, 0.2) is 0 Å². The summed E-state index contributed by atoms with van der Waals surface area (Å²) in [5.74, 6) is 0.273. The molecule has 2 aromatic rings. The number of nitrogens with one attached hydrogen (secondary N) is 1. The van der Waals surface area contributed by atoms with Crippen LogP contribution in [-0.2, 0) is 6.18 Å². The molecule has 0 atom stereocenters. The predicted octanol–water partition coefficient (Wildman–Crippen LogP) is 5.60. The van der Waals surface area contributed by atoms with Gasteiger partial charge < -0.3 is 14.8 Å². The van der Waals surface area contributed by atoms with Crippen molar-refractivity contribution in [2.45, 2.75) is 45.7 Å². The Morgan fingerprint density at radius 2 is 1.74 bits per heavy atom. The molecule has 0 radical (unpaired) electrons. The van der Waals surface area contributed by atoms with E-state index in [9.17, 15) is 13.2 Å². The molecular formula is C19H24F3N3O2. The summed E-state index contributed by atoms with van der Waals surface area (Å²) in [6.45, 7) is 4.48. The lowest BCUT2D eigenvalue weighted by Crippen LogP contribution is -2.12. The van der Waals surface area contributed by atoms with Crippen molar-refractivity contribution in [2.75, 3.05) is 18.5 Å². The first kappa shape index (κ1) is 20.8. The van der Waals surface area contributed by atoms with Crippen LogP contribution in [0.25, 0.3) is 0 Å². The minimum Gasteiger partial charge on any atom is -0.494 e. The van der Waals surface area contributed by atoms with E-state index in [0.29, 0.717) is 18.5 Å². The maximum atomic E-state index is 13.0. The van der Waals surface area contributed by atoms with Gasteiger partial charge in [-0.2, -0.15) is 18.2 Å². The summed E-state index contributed by atoms with van der Waals surface area (Å²) >= 11 is 0. The third kappa shape index (κ3) is 6.62. The molecule has 1 N–H and O–H groups in total. The zero-order chi connectivity index (χ0) is 19.7. The van der Waals surface area contributed by atoms with E-state index in [1.54, 1.807) is 31.2 Å². The lowest BCUT2D eigenvalue weighted by Gasteiger charge is -2.13. The number of hydrogen-bond donors (Lipinski definition) is 1. The van der Waals surface area contributed by atoms with E-state index in [1.807, 2.05) is 0 Å². The molecule has 27 heavy (non-hydrogen) atoms. The van der Waals surface area contributed by atoms with Gasteiger partial charge >= 0.3 is 6.18 Å². The Kier molecular flexibility index (Phi) is 7.69. The van der Waals surface area contributed by atoms with Crippen LogP contribution < -0.4 is 14.8 Å². The minimum absolute atomic E-state index is 0.0275. The van der Waals surface area contributed by atoms with Gasteiger partial charge in [0.25, 0.3) is 0 Å². The molecule has 0 amide bonds. The topological polar surface area (TPSA) is 56.3 Å². The predicted molar refractivity (Wildman–Crippen MR) is 97.6 cm³/mol. The third-order valence-electron chi connectivity index (χ3n) is 3.72. The molecule has 1 aromatic heterocycles. The largest absolute Gasteiger partial charge is 0.494 e. The average molecular weight is 383 g/mol. The van der Waals surface area contributed by atoms with Crippen LogP contribution >= 0.6 is 0 Å². The molecule has 1 aromatic carbocycles. The average Bonchev–Trinajstić information content (AvgIpc) is 2.62. The molecule has 0 aliphatic heterocycles. The van der Waals surface area contributed by atoms with E-state index >= 15 is 0 Å². The van der Waals surface area contributed by atoms with Gasteiger partial charge in [-0.15, -0.1) is 0 Å². The van der Waals surface area contributed by atoms with E-state index in [1.165, 1.54) is 12.8 Å². The minimum atomic E-state index is -4.57. The van der Waals surface area contributed by atoms with Crippen molar-refractivity contribution in [3.05, 3.63) is 36.0 Å². The van der Waals surface area contributed by atoms with E-state index in [-0.39, 0.29) is 12.6 Å². The number of ether oxygens (including phenoxy) is 2. The number of rotatable bonds is 10. The number of alkyl halides is 3. The molecule has 0 aliphatic rings. The van der Waals surface area contributed by atoms with Crippen LogP contribution in [0.1, 0.15) is 45.1 Å². The summed E-state index contributed by atoms with van der Waals surface area (Å²) < 4.78 is 49.5. The maximum absolute atomic E-state index is 13.0. The Hall–Kier alpha value is -2.51. The number of unbranched alkanes of at least 4 members (excludes halogenated alkanes) is 3. The van der Waals surface area contributed by atoms with Crippen molar-refractivity contribution in [2.24, 2.45) is 0 Å². The van der Waals surface area contributed by atoms with Crippen molar-refractivity contribution < 1.29 is 22.6 Å². The summed E-state index contributed by atoms with van der Waals surface area (Å²) in [7, 11) is 0. The van der Waals surface area contributed by atoms with E-state index in [0.717, 1.165) is 18.6 Å². The Balaban J connectivity index is 1.99. The Bertz CT molecular complexity index is 706. The SMILES string of the molecule is CCCCCCOc1ccc(Nc2ncc(C(F)(F)F)c(OCC)n2)cc1. The van der Waals surface area contributed by atoms with Crippen molar-refractivity contribution in [3.63, 3.8) is 0 Å². The molecular weight excluding hydrogens is 359 g/mol. The molecule has 0 saturated carbocycles. The number of nitrogens with zero attached hydrogens (tertiary/aromatic N) is 2. The van der Waals surface area contributed by atoms with Gasteiger partial charge in [0.2, 0.25) is 11.8 Å². The molecule has 0 spiro atoms. The summed E-state index contributed by atoms with van der Waals surface area (Å²) in [5.41, 5.74) is -0.364. The summed E-state index contributed by atoms with van der Waals surface area (Å²) in [6.07, 6.45) is 0.671. The standard InChI is InChI=1S/C19H24F3N3O2/c1-3-5-6-7-12-27-15-10-8-14(9-11-15)24-18-23-13-16(19(20,21)22)17(25-18)26-4-2/h8-11,13H,3-7,12H2,1-2H3,(H,23,24,25). The van der Waals surface area contributed by atoms with Gasteiger partial charge in [-0.3, -0.25) is 0 Å². The molecule has 8 heteroatoms. The van der Waals surface area contributed by atoms with Gasteiger partial charge in [-0.1, -0.05) is 26.2 Å². The van der Waals surface area contributed by atoms with Gasteiger partial charge in [0.1, 0.15) is 11.3 Å². The van der Waals surface area contributed by atoms with Crippen molar-refractivity contribution in [1.29, 1.82) is 0 Å². The second kappa shape index (κ2) is 9.99. The van der Waals surface area contributed by atoms with Crippen LogP contribution in [0, 0.1) is 0 Å². The Labute approximate surface area is 156 Å². The zero-order valence-electron chi connectivity index (χ0n) is 15.5. The second-order valence-electron chi connectivity index (χ2n) is 5.90. The maximum Gasteiger partial charge on any atom is 0.423 e. The van der Waals surface area contributed by atoms with Crippen LogP contribution in [0.2, 0.25) is 0 Å². The van der Waals surface area contributed by atoms with Gasteiger partial charge in [0.05, 0.1) is 13.2 Å². The number of hydrogen-bond acceptors (Lipinski definition) is 5. The highest BCUT2D eigenvalue weighted by Crippen LogP contribution is 2.35. The number of aromatic nitrogens is 2. The molecule has 0 fully saturated rings. The van der Waals surface area contributed by atoms with Crippen molar-refractivity contribution >= 4 is 11.6 Å². The Morgan fingerprint density at radius 3 is 2.37 bits per heavy atom. The second-order valence-corrected chi connectivity index (χ2v) is 5.90. The van der Waals surface area contributed by atoms with Gasteiger partial charge in [-0.25, -0.2) is 4.98 Å². The fourth-order valence-electron chi connectivity index (χ4n) is 2.35. The molecule has 5 nitrogen and oxygen atoms in total. The lowest BCUT2D eigenvalue weighted by molar-refractivity contribution is -0.139. The number of anilines is 2. The molecule has 2 rings (SSSR count). The highest BCUT2D eigenvalue weighted by atomic mass is 19.4. The molecule has 0 bridgehead atoms. The van der Waals surface area contributed by atoms with E-state index in [4.69, 9.17) is 9.47 Å². The highest BCUT2D eigenvalue weighted by Gasteiger charge is 2.36. The number of benzene rings is 1. The van der Waals surface area contributed by atoms with Crippen LogP contribution in [-0.4, -0.2) is 23.2 Å². The van der Waals surface area contributed by atoms with Gasteiger partial charge in [-0.05, 0) is 37.6 Å². The molecule has 1 heterocycles. The van der Waals surface area contributed by atoms with Crippen LogP contribution in [0.15, 0.2) is 30.5 Å². The smallest absolute Gasteiger partial charge is 0.423 e. The first-order valence-electron chi connectivity index (χ1n) is 9.01. The third-order valence-corrected chi connectivity index (χ3v) is 3.72. The summed E-state index contributed by atoms with van der Waals surface area (Å²) in [6, 6.07) is 7.08. The Morgan fingerprint density at radius 1 is 1.00 bits per heavy atom. The van der Waals surface area contributed by atoms with Crippen molar-refractivity contribution in [3.8, 4) is 11.6 Å². The highest BCUT2D eigenvalue weighted by molar-refractivity contribution is 5.55. The first-order valence-corrected chi connectivity index (χ1v) is 9.01. The summed E-state index contributed by atoms with van der Waals surface area (Å²) in [5, 5.41) is 2.87. The van der Waals surface area contributed by atoms with E-state index < -0.39 is 17.6 Å². The van der Waals surface area contributed by atoms with E-state index in [2.05, 4.69) is 22.2 Å². The van der Waals surface area contributed by atoms with Crippen LogP contribution in [0.4, 0.5) is 24.8 Å². The van der Waals surface area contributed by atoms with Crippen LogP contribution in [0.3, 0.4) is 0 Å². The van der Waals surface area contributed by atoms with Crippen LogP contribution in [0.5, 0.6) is 11.6 Å². The molecule has 148 valence electrons. The monoisotopic (exact) mass is 383 g/mol. The number of halogens is 3. The first-order chi connectivity index (χ1) is 12.9. The zero-order valence-corrected chi connectivity index (χ0v) is 15.5. The molecule has 0 unspecified atom stereocenters. The fraction of sp³-hybridized carbons (Fsp3) is 0.474. The fourth-order valence-corrected chi connectivity index (χ4v) is 2.35. The summed E-state index contributed by atoms with van der Waals surface area (Å²) in [4.78, 5) is 7.56. The normalized spacial score (nSPS) is 11.3. The quantitative estimate of drug-likeness (QED) is 0.542. The van der Waals surface area contributed by atoms with Gasteiger partial charge in [0, 0.05) is 11.9 Å². The molecule has 0 saturated heterocycles. The lowest BCUT2D eigenvalue weighted by atomic mass is 10.2. The van der Waals surface area contributed by atoms with Crippen molar-refractivity contribution in [1.82, 2.24) is 9.97 Å².